The summed E-state index contributed by atoms with van der Waals surface area (Å²) in [7, 11) is 0. The Bertz CT molecular complexity index is 1160. The lowest BCUT2D eigenvalue weighted by Crippen LogP contribution is -1.86. The molecule has 0 radical (unpaired) electrons. The van der Waals surface area contributed by atoms with Gasteiger partial charge in [0.05, 0.1) is 4.92 Å². The van der Waals surface area contributed by atoms with E-state index in [4.69, 9.17) is 0 Å². The van der Waals surface area contributed by atoms with Crippen LogP contribution in [0.25, 0.3) is 0 Å². The molecule has 4 rings (SSSR count). The fourth-order valence-electron chi connectivity index (χ4n) is 2.70. The third-order valence-corrected chi connectivity index (χ3v) is 7.79. The fraction of sp³-hybridized carbons (Fsp3) is 0. The Morgan fingerprint density at radius 3 is 1.06 bits per heavy atom. The Kier molecular flexibility index (Phi) is 7.40. The maximum absolute atomic E-state index is 10.8. The number of nitrogens with zero attached hydrogens (tertiary/aromatic N) is 1. The van der Waals surface area contributed by atoms with E-state index in [1.807, 2.05) is 0 Å². The van der Waals surface area contributed by atoms with E-state index in [0.29, 0.717) is 0 Å². The second-order valence-electron chi connectivity index (χ2n) is 6.45. The van der Waals surface area contributed by atoms with Gasteiger partial charge >= 0.3 is 0 Å². The number of non-ortho nitro benzene ring substituents is 1. The minimum atomic E-state index is -0.382. The fourth-order valence-corrected chi connectivity index (χ4v) is 5.41. The largest absolute Gasteiger partial charge is 0.269 e. The van der Waals surface area contributed by atoms with E-state index in [2.05, 4.69) is 88.7 Å². The molecule has 0 fully saturated rings. The zero-order chi connectivity index (χ0) is 21.6. The molecule has 0 unspecified atom stereocenters. The minimum Gasteiger partial charge on any atom is -0.258 e. The summed E-state index contributed by atoms with van der Waals surface area (Å²) in [6.07, 6.45) is 0. The van der Waals surface area contributed by atoms with Crippen molar-refractivity contribution in [2.45, 2.75) is 29.4 Å². The smallest absolute Gasteiger partial charge is 0.258 e. The van der Waals surface area contributed by atoms with Gasteiger partial charge in [-0.25, -0.2) is 0 Å². The van der Waals surface area contributed by atoms with E-state index < -0.39 is 0 Å². The van der Waals surface area contributed by atoms with Crippen molar-refractivity contribution in [2.75, 3.05) is 0 Å². The van der Waals surface area contributed by atoms with Gasteiger partial charge in [0.2, 0.25) is 0 Å². The lowest BCUT2D eigenvalue weighted by molar-refractivity contribution is -0.384. The molecular weight excluding hydrogens is 510 g/mol. The topological polar surface area (TPSA) is 43.1 Å². The SMILES string of the molecule is O=[N+]([O-])c1ccc(Sc2ccc(Sc3ccc(Sc4ccc(Br)cc4)cc3)cc2)cc1. The summed E-state index contributed by atoms with van der Waals surface area (Å²) in [5, 5.41) is 10.8. The first-order chi connectivity index (χ1) is 15.0. The quantitative estimate of drug-likeness (QED) is 0.178. The summed E-state index contributed by atoms with van der Waals surface area (Å²) in [5.74, 6) is 0. The Hall–Kier alpha value is -2.19. The Balaban J connectivity index is 1.35. The molecular formula is C24H16BrNO2S3. The molecule has 31 heavy (non-hydrogen) atoms. The molecule has 0 aliphatic carbocycles. The Labute approximate surface area is 201 Å². The van der Waals surface area contributed by atoms with Crippen LogP contribution in [0.5, 0.6) is 0 Å². The van der Waals surface area contributed by atoms with Crippen LogP contribution in [0, 0.1) is 10.1 Å². The summed E-state index contributed by atoms with van der Waals surface area (Å²) in [6.45, 7) is 0. The molecule has 0 N–H and O–H groups in total. The van der Waals surface area contributed by atoms with Crippen LogP contribution in [0.4, 0.5) is 5.69 Å². The Morgan fingerprint density at radius 2 is 0.774 bits per heavy atom. The summed E-state index contributed by atoms with van der Waals surface area (Å²) in [5.41, 5.74) is 0.109. The highest BCUT2D eigenvalue weighted by Gasteiger charge is 2.06. The van der Waals surface area contributed by atoms with Crippen molar-refractivity contribution in [2.24, 2.45) is 0 Å². The van der Waals surface area contributed by atoms with E-state index >= 15 is 0 Å². The number of nitro groups is 1. The normalized spacial score (nSPS) is 10.7. The predicted octanol–water partition coefficient (Wildman–Crippen LogP) is 8.81. The van der Waals surface area contributed by atoms with Gasteiger partial charge in [0, 0.05) is 46.0 Å². The molecule has 0 saturated carbocycles. The zero-order valence-electron chi connectivity index (χ0n) is 16.1. The van der Waals surface area contributed by atoms with Gasteiger partial charge in [0.15, 0.2) is 0 Å². The summed E-state index contributed by atoms with van der Waals surface area (Å²) in [6, 6.07) is 31.9. The monoisotopic (exact) mass is 525 g/mol. The maximum atomic E-state index is 10.8. The van der Waals surface area contributed by atoms with Crippen molar-refractivity contribution in [1.82, 2.24) is 0 Å². The van der Waals surface area contributed by atoms with Crippen LogP contribution in [-0.2, 0) is 0 Å². The van der Waals surface area contributed by atoms with Crippen molar-refractivity contribution in [1.29, 1.82) is 0 Å². The highest BCUT2D eigenvalue weighted by molar-refractivity contribution is 9.10. The van der Waals surface area contributed by atoms with E-state index in [1.54, 1.807) is 47.4 Å². The van der Waals surface area contributed by atoms with Crippen LogP contribution in [0.15, 0.2) is 131 Å². The number of hydrogen-bond acceptors (Lipinski definition) is 5. The van der Waals surface area contributed by atoms with Crippen molar-refractivity contribution < 1.29 is 4.92 Å². The first-order valence-electron chi connectivity index (χ1n) is 9.29. The van der Waals surface area contributed by atoms with Crippen LogP contribution in [0.1, 0.15) is 0 Å². The highest BCUT2D eigenvalue weighted by Crippen LogP contribution is 2.35. The molecule has 0 saturated heterocycles. The first-order valence-corrected chi connectivity index (χ1v) is 12.5. The summed E-state index contributed by atoms with van der Waals surface area (Å²) >= 11 is 8.52. The molecule has 0 aromatic heterocycles. The van der Waals surface area contributed by atoms with Crippen LogP contribution < -0.4 is 0 Å². The van der Waals surface area contributed by atoms with Gasteiger partial charge in [-0.1, -0.05) is 51.2 Å². The summed E-state index contributed by atoms with van der Waals surface area (Å²) < 4.78 is 1.08. The standard InChI is InChI=1S/C24H16BrNO2S3/c25-17-1-5-19(6-2-17)29-21-9-13-23(14-10-21)31-24-15-11-22(12-16-24)30-20-7-3-18(4-8-20)26(27)28/h1-16H. The molecule has 0 bridgehead atoms. The Morgan fingerprint density at radius 1 is 0.516 bits per heavy atom. The predicted molar refractivity (Wildman–Crippen MR) is 132 cm³/mol. The molecule has 0 spiro atoms. The van der Waals surface area contributed by atoms with Gasteiger partial charge in [0.25, 0.3) is 5.69 Å². The average Bonchev–Trinajstić information content (AvgIpc) is 2.78. The lowest BCUT2D eigenvalue weighted by atomic mass is 10.3. The first kappa shape index (κ1) is 22.0. The van der Waals surface area contributed by atoms with Crippen molar-refractivity contribution in [3.05, 3.63) is 112 Å². The molecule has 0 aliphatic heterocycles. The molecule has 154 valence electrons. The van der Waals surface area contributed by atoms with Crippen LogP contribution >= 0.6 is 51.2 Å². The third kappa shape index (κ3) is 6.40. The second-order valence-corrected chi connectivity index (χ2v) is 10.8. The number of benzene rings is 4. The van der Waals surface area contributed by atoms with Gasteiger partial charge in [-0.2, -0.15) is 0 Å². The van der Waals surface area contributed by atoms with Crippen molar-refractivity contribution in [3.63, 3.8) is 0 Å². The van der Waals surface area contributed by atoms with Gasteiger partial charge in [0.1, 0.15) is 0 Å². The zero-order valence-corrected chi connectivity index (χ0v) is 20.1. The van der Waals surface area contributed by atoms with E-state index in [-0.39, 0.29) is 10.6 Å². The molecule has 3 nitrogen and oxygen atoms in total. The van der Waals surface area contributed by atoms with Crippen LogP contribution in [-0.4, -0.2) is 4.92 Å². The van der Waals surface area contributed by atoms with Gasteiger partial charge in [-0.15, -0.1) is 0 Å². The molecule has 0 aliphatic rings. The molecule has 0 atom stereocenters. The molecule has 4 aromatic rings. The van der Waals surface area contributed by atoms with E-state index in [0.717, 1.165) is 14.3 Å². The number of hydrogen-bond donors (Lipinski definition) is 0. The van der Waals surface area contributed by atoms with Gasteiger partial charge < -0.3 is 0 Å². The number of rotatable bonds is 7. The minimum absolute atomic E-state index is 0.109. The van der Waals surface area contributed by atoms with Crippen molar-refractivity contribution >= 4 is 56.9 Å². The lowest BCUT2D eigenvalue weighted by Gasteiger charge is -2.06. The van der Waals surface area contributed by atoms with Crippen LogP contribution in [0.2, 0.25) is 0 Å². The molecule has 7 heteroatoms. The molecule has 4 aromatic carbocycles. The average molecular weight is 527 g/mol. The second kappa shape index (κ2) is 10.4. The number of halogens is 1. The van der Waals surface area contributed by atoms with Gasteiger partial charge in [-0.3, -0.25) is 10.1 Å². The highest BCUT2D eigenvalue weighted by atomic mass is 79.9. The maximum Gasteiger partial charge on any atom is 0.269 e. The van der Waals surface area contributed by atoms with Gasteiger partial charge in [-0.05, 0) is 84.9 Å². The molecule has 0 amide bonds. The molecule has 0 heterocycles. The van der Waals surface area contributed by atoms with E-state index in [1.165, 1.54) is 31.7 Å². The van der Waals surface area contributed by atoms with Crippen LogP contribution in [0.3, 0.4) is 0 Å². The third-order valence-electron chi connectivity index (χ3n) is 4.22. The van der Waals surface area contributed by atoms with E-state index in [9.17, 15) is 10.1 Å². The number of nitro benzene ring substituents is 1. The van der Waals surface area contributed by atoms with Crippen molar-refractivity contribution in [3.8, 4) is 0 Å². The summed E-state index contributed by atoms with van der Waals surface area (Å²) in [4.78, 5) is 17.2.